The summed E-state index contributed by atoms with van der Waals surface area (Å²) in [5.74, 6) is 0. The minimum atomic E-state index is 1.02. The van der Waals surface area contributed by atoms with Gasteiger partial charge >= 0.3 is 0 Å². The van der Waals surface area contributed by atoms with Crippen molar-refractivity contribution in [3.63, 3.8) is 0 Å². The SMILES string of the molecule is C=C(C)C.C=C(C)C.C=CC(=C)C. The fourth-order valence-electron chi connectivity index (χ4n) is 0. The van der Waals surface area contributed by atoms with Gasteiger partial charge in [0.1, 0.15) is 0 Å². The Morgan fingerprint density at radius 1 is 0.769 bits per heavy atom. The lowest BCUT2D eigenvalue weighted by Gasteiger charge is -1.71. The molecule has 0 aromatic carbocycles. The van der Waals surface area contributed by atoms with Gasteiger partial charge in [0.2, 0.25) is 0 Å². The fourth-order valence-corrected chi connectivity index (χ4v) is 0. The van der Waals surface area contributed by atoms with Crippen molar-refractivity contribution in [1.29, 1.82) is 0 Å². The van der Waals surface area contributed by atoms with Gasteiger partial charge in [-0.25, -0.2) is 0 Å². The number of allylic oxidation sites excluding steroid dienone is 4. The summed E-state index contributed by atoms with van der Waals surface area (Å²) in [5, 5.41) is 0. The van der Waals surface area contributed by atoms with Crippen LogP contribution in [0.1, 0.15) is 34.6 Å². The Hall–Kier alpha value is -1.04. The molecule has 0 nitrogen and oxygen atoms in total. The monoisotopic (exact) mass is 180 g/mol. The smallest absolute Gasteiger partial charge is 0.0404 e. The van der Waals surface area contributed by atoms with Gasteiger partial charge in [-0.1, -0.05) is 36.0 Å². The third kappa shape index (κ3) is 955. The van der Waals surface area contributed by atoms with E-state index < -0.39 is 0 Å². The molecule has 0 amide bonds. The molecule has 0 aromatic rings. The third-order valence-electron chi connectivity index (χ3n) is 0.348. The summed E-state index contributed by atoms with van der Waals surface area (Å²) in [4.78, 5) is 0. The molecular weight excluding hydrogens is 156 g/mol. The van der Waals surface area contributed by atoms with Gasteiger partial charge in [0, 0.05) is 0 Å². The lowest BCUT2D eigenvalue weighted by molar-refractivity contribution is 1.42. The zero-order chi connectivity index (χ0) is 11.4. The first kappa shape index (κ1) is 17.9. The van der Waals surface area contributed by atoms with Crippen LogP contribution >= 0.6 is 0 Å². The summed E-state index contributed by atoms with van der Waals surface area (Å²) in [5.41, 5.74) is 3.35. The van der Waals surface area contributed by atoms with Gasteiger partial charge in [-0.05, 0) is 34.6 Å². The Kier molecular flexibility index (Phi) is 18.6. The molecule has 0 atom stereocenters. The maximum atomic E-state index is 3.56. The molecule has 0 aliphatic heterocycles. The van der Waals surface area contributed by atoms with Crippen molar-refractivity contribution >= 4 is 0 Å². The topological polar surface area (TPSA) is 0 Å². The van der Waals surface area contributed by atoms with Crippen molar-refractivity contribution in [3.05, 3.63) is 49.1 Å². The van der Waals surface area contributed by atoms with E-state index in [2.05, 4.69) is 26.3 Å². The Morgan fingerprint density at radius 2 is 0.846 bits per heavy atom. The molecule has 0 saturated heterocycles. The quantitative estimate of drug-likeness (QED) is 0.397. The minimum absolute atomic E-state index is 1.02. The Bertz CT molecular complexity index is 150. The van der Waals surface area contributed by atoms with Gasteiger partial charge < -0.3 is 0 Å². The van der Waals surface area contributed by atoms with Crippen LogP contribution in [0.3, 0.4) is 0 Å². The van der Waals surface area contributed by atoms with Gasteiger partial charge in [-0.15, -0.1) is 13.2 Å². The molecule has 0 N–H and O–H groups in total. The van der Waals surface area contributed by atoms with Crippen LogP contribution in [0.2, 0.25) is 0 Å². The van der Waals surface area contributed by atoms with Gasteiger partial charge in [-0.3, -0.25) is 0 Å². The molecule has 0 spiro atoms. The average Bonchev–Trinajstić information content (AvgIpc) is 1.84. The number of hydrogen-bond acceptors (Lipinski definition) is 0. The molecule has 0 saturated carbocycles. The van der Waals surface area contributed by atoms with E-state index in [0.29, 0.717) is 0 Å². The predicted octanol–water partition coefficient (Wildman–Crippen LogP) is 4.91. The average molecular weight is 180 g/mol. The second kappa shape index (κ2) is 13.5. The molecule has 0 heterocycles. The Labute approximate surface area is 84.4 Å². The summed E-state index contributed by atoms with van der Waals surface area (Å²) < 4.78 is 0. The van der Waals surface area contributed by atoms with Crippen LogP contribution in [0.15, 0.2) is 49.1 Å². The first-order valence-electron chi connectivity index (χ1n) is 4.26. The van der Waals surface area contributed by atoms with Crippen molar-refractivity contribution in [2.24, 2.45) is 0 Å². The molecule has 0 bridgehead atoms. The van der Waals surface area contributed by atoms with Crippen molar-refractivity contribution in [2.45, 2.75) is 34.6 Å². The van der Waals surface area contributed by atoms with Crippen LogP contribution in [0, 0.1) is 0 Å². The van der Waals surface area contributed by atoms with Crippen molar-refractivity contribution in [1.82, 2.24) is 0 Å². The van der Waals surface area contributed by atoms with E-state index in [9.17, 15) is 0 Å². The van der Waals surface area contributed by atoms with Gasteiger partial charge in [0.15, 0.2) is 0 Å². The maximum Gasteiger partial charge on any atom is -0.0404 e. The zero-order valence-electron chi connectivity index (χ0n) is 9.91. The zero-order valence-corrected chi connectivity index (χ0v) is 9.91. The Morgan fingerprint density at radius 3 is 0.846 bits per heavy atom. The summed E-state index contributed by atoms with van der Waals surface area (Å²) in [6.07, 6.45) is 1.72. The normalized spacial score (nSPS) is 6.54. The predicted molar refractivity (Wildman–Crippen MR) is 66.0 cm³/mol. The standard InChI is InChI=1S/C5H8.2C4H8/c1-4-5(2)3;2*1-4(2)3/h4H,1-2H2,3H3;2*1H2,2-3H3. The van der Waals surface area contributed by atoms with E-state index in [1.807, 2.05) is 34.6 Å². The molecule has 0 radical (unpaired) electrons. The molecule has 0 rings (SSSR count). The molecule has 13 heavy (non-hydrogen) atoms. The van der Waals surface area contributed by atoms with Crippen molar-refractivity contribution in [2.75, 3.05) is 0 Å². The third-order valence-corrected chi connectivity index (χ3v) is 0.348. The molecule has 0 unspecified atom stereocenters. The van der Waals surface area contributed by atoms with Gasteiger partial charge in [0.05, 0.1) is 0 Å². The summed E-state index contributed by atoms with van der Waals surface area (Å²) >= 11 is 0. The van der Waals surface area contributed by atoms with E-state index in [4.69, 9.17) is 0 Å². The molecule has 0 aromatic heterocycles. The van der Waals surface area contributed by atoms with E-state index >= 15 is 0 Å². The molecule has 76 valence electrons. The van der Waals surface area contributed by atoms with Crippen LogP contribution in [0.5, 0.6) is 0 Å². The minimum Gasteiger partial charge on any atom is -0.100 e. The van der Waals surface area contributed by atoms with Crippen LogP contribution in [0.25, 0.3) is 0 Å². The Balaban J connectivity index is -0.000000117. The first-order valence-corrected chi connectivity index (χ1v) is 4.26. The largest absolute Gasteiger partial charge is 0.100 e. The first-order chi connectivity index (χ1) is 5.73. The van der Waals surface area contributed by atoms with E-state index in [1.54, 1.807) is 6.08 Å². The lowest BCUT2D eigenvalue weighted by atomic mass is 10.4. The number of rotatable bonds is 1. The maximum absolute atomic E-state index is 3.56. The van der Waals surface area contributed by atoms with E-state index in [1.165, 1.54) is 11.1 Å². The highest BCUT2D eigenvalue weighted by atomic mass is 13.7. The van der Waals surface area contributed by atoms with Crippen LogP contribution in [0.4, 0.5) is 0 Å². The van der Waals surface area contributed by atoms with Crippen molar-refractivity contribution < 1.29 is 0 Å². The van der Waals surface area contributed by atoms with Crippen molar-refractivity contribution in [3.8, 4) is 0 Å². The van der Waals surface area contributed by atoms with Crippen LogP contribution < -0.4 is 0 Å². The van der Waals surface area contributed by atoms with Crippen LogP contribution in [-0.4, -0.2) is 0 Å². The summed E-state index contributed by atoms with van der Waals surface area (Å²) in [7, 11) is 0. The van der Waals surface area contributed by atoms with E-state index in [0.717, 1.165) is 5.57 Å². The molecule has 0 fully saturated rings. The second-order valence-electron chi connectivity index (χ2n) is 3.46. The lowest BCUT2D eigenvalue weighted by Crippen LogP contribution is -1.50. The van der Waals surface area contributed by atoms with E-state index in [-0.39, 0.29) is 0 Å². The summed E-state index contributed by atoms with van der Waals surface area (Å²) in [6.45, 7) is 23.9. The second-order valence-corrected chi connectivity index (χ2v) is 3.46. The highest BCUT2D eigenvalue weighted by Crippen LogP contribution is 1.81. The van der Waals surface area contributed by atoms with Gasteiger partial charge in [-0.2, -0.15) is 0 Å². The highest BCUT2D eigenvalue weighted by molar-refractivity contribution is 5.05. The fraction of sp³-hybridized carbons (Fsp3) is 0.385. The number of hydrogen-bond donors (Lipinski definition) is 0. The molecule has 0 aliphatic rings. The highest BCUT2D eigenvalue weighted by Gasteiger charge is 1.59. The summed E-state index contributed by atoms with van der Waals surface area (Å²) in [6, 6.07) is 0. The molecule has 0 aliphatic carbocycles. The van der Waals surface area contributed by atoms with Crippen LogP contribution in [-0.2, 0) is 0 Å². The molecular formula is C13H24. The van der Waals surface area contributed by atoms with Gasteiger partial charge in [0.25, 0.3) is 0 Å². The molecule has 0 heteroatoms.